The fourth-order valence-electron chi connectivity index (χ4n) is 1.80. The Morgan fingerprint density at radius 1 is 1.45 bits per heavy atom. The number of methoxy groups -OCH3 is 1. The number of anilines is 1. The van der Waals surface area contributed by atoms with E-state index in [-0.39, 0.29) is 19.1 Å². The number of aliphatic hydroxyl groups is 1. The summed E-state index contributed by atoms with van der Waals surface area (Å²) in [5, 5.41) is 12.3. The van der Waals surface area contributed by atoms with E-state index < -0.39 is 0 Å². The molecule has 112 valence electrons. The van der Waals surface area contributed by atoms with Crippen molar-refractivity contribution in [1.29, 1.82) is 0 Å². The standard InChI is InChI=1S/C14H21ClN2O3/c1-11-4-3-5-12(15)14(11)16-13(19)10-17(6-8-18)7-9-20-2/h3-5,18H,6-10H2,1-2H3,(H,16,19). The van der Waals surface area contributed by atoms with E-state index in [1.807, 2.05) is 24.0 Å². The topological polar surface area (TPSA) is 61.8 Å². The van der Waals surface area contributed by atoms with Crippen LogP contribution in [-0.2, 0) is 9.53 Å². The fraction of sp³-hybridized carbons (Fsp3) is 0.500. The molecule has 0 heterocycles. The summed E-state index contributed by atoms with van der Waals surface area (Å²) >= 11 is 6.07. The molecule has 0 aliphatic heterocycles. The molecule has 0 saturated heterocycles. The summed E-state index contributed by atoms with van der Waals surface area (Å²) in [5.41, 5.74) is 1.55. The van der Waals surface area contributed by atoms with Crippen LogP contribution < -0.4 is 5.32 Å². The van der Waals surface area contributed by atoms with Crippen molar-refractivity contribution in [3.05, 3.63) is 28.8 Å². The third kappa shape index (κ3) is 5.46. The van der Waals surface area contributed by atoms with Crippen molar-refractivity contribution >= 4 is 23.2 Å². The molecule has 1 aromatic carbocycles. The van der Waals surface area contributed by atoms with Gasteiger partial charge in [-0.2, -0.15) is 0 Å². The number of aryl methyl sites for hydroxylation is 1. The Kier molecular flexibility index (Phi) is 7.54. The first-order valence-electron chi connectivity index (χ1n) is 6.45. The average molecular weight is 301 g/mol. The van der Waals surface area contributed by atoms with Gasteiger partial charge in [-0.3, -0.25) is 9.69 Å². The molecule has 1 amide bonds. The number of benzene rings is 1. The zero-order chi connectivity index (χ0) is 15.0. The van der Waals surface area contributed by atoms with E-state index in [2.05, 4.69) is 5.32 Å². The van der Waals surface area contributed by atoms with Crippen LogP contribution in [0, 0.1) is 6.92 Å². The van der Waals surface area contributed by atoms with Gasteiger partial charge < -0.3 is 15.2 Å². The molecular formula is C14H21ClN2O3. The first kappa shape index (κ1) is 16.9. The van der Waals surface area contributed by atoms with Crippen molar-refractivity contribution in [2.75, 3.05) is 45.3 Å². The maximum absolute atomic E-state index is 12.0. The van der Waals surface area contributed by atoms with Crippen LogP contribution in [0.25, 0.3) is 0 Å². The Hall–Kier alpha value is -1.14. The smallest absolute Gasteiger partial charge is 0.238 e. The van der Waals surface area contributed by atoms with Crippen LogP contribution in [0.5, 0.6) is 0 Å². The molecular weight excluding hydrogens is 280 g/mol. The van der Waals surface area contributed by atoms with Gasteiger partial charge in [0.1, 0.15) is 0 Å². The van der Waals surface area contributed by atoms with Gasteiger partial charge in [0.05, 0.1) is 30.5 Å². The Labute approximate surface area is 124 Å². The van der Waals surface area contributed by atoms with Crippen LogP contribution in [0.15, 0.2) is 18.2 Å². The fourth-order valence-corrected chi connectivity index (χ4v) is 2.07. The number of nitrogens with one attached hydrogen (secondary N) is 1. The normalized spacial score (nSPS) is 10.8. The lowest BCUT2D eigenvalue weighted by molar-refractivity contribution is -0.117. The number of amides is 1. The SMILES string of the molecule is COCCN(CCO)CC(=O)Nc1c(C)cccc1Cl. The lowest BCUT2D eigenvalue weighted by Gasteiger charge is -2.20. The van der Waals surface area contributed by atoms with Crippen LogP contribution in [0.2, 0.25) is 5.02 Å². The first-order valence-corrected chi connectivity index (χ1v) is 6.83. The minimum absolute atomic E-state index is 0.00210. The second-order valence-electron chi connectivity index (χ2n) is 4.47. The maximum Gasteiger partial charge on any atom is 0.238 e. The van der Waals surface area contributed by atoms with E-state index in [1.54, 1.807) is 13.2 Å². The Balaban J connectivity index is 2.61. The quantitative estimate of drug-likeness (QED) is 0.764. The van der Waals surface area contributed by atoms with Crippen LogP contribution in [-0.4, -0.2) is 55.9 Å². The molecule has 0 aliphatic carbocycles. The van der Waals surface area contributed by atoms with Crippen molar-refractivity contribution in [1.82, 2.24) is 4.90 Å². The molecule has 0 atom stereocenters. The van der Waals surface area contributed by atoms with Gasteiger partial charge in [-0.1, -0.05) is 23.7 Å². The predicted octanol–water partition coefficient (Wildman–Crippen LogP) is 1.53. The highest BCUT2D eigenvalue weighted by Gasteiger charge is 2.12. The van der Waals surface area contributed by atoms with Gasteiger partial charge in [0, 0.05) is 20.2 Å². The number of hydrogen-bond donors (Lipinski definition) is 2. The lowest BCUT2D eigenvalue weighted by atomic mass is 10.2. The molecule has 0 saturated carbocycles. The summed E-state index contributed by atoms with van der Waals surface area (Å²) in [6.45, 7) is 3.61. The lowest BCUT2D eigenvalue weighted by Crippen LogP contribution is -2.37. The van der Waals surface area contributed by atoms with Crippen LogP contribution in [0.1, 0.15) is 5.56 Å². The highest BCUT2D eigenvalue weighted by Crippen LogP contribution is 2.24. The number of halogens is 1. The molecule has 0 unspecified atom stereocenters. The number of rotatable bonds is 8. The number of aliphatic hydroxyl groups excluding tert-OH is 1. The maximum atomic E-state index is 12.0. The minimum Gasteiger partial charge on any atom is -0.395 e. The Bertz CT molecular complexity index is 420. The Morgan fingerprint density at radius 2 is 2.20 bits per heavy atom. The summed E-state index contributed by atoms with van der Waals surface area (Å²) in [6, 6.07) is 5.46. The summed E-state index contributed by atoms with van der Waals surface area (Å²) in [7, 11) is 1.60. The summed E-state index contributed by atoms with van der Waals surface area (Å²) in [5.74, 6) is -0.161. The van der Waals surface area contributed by atoms with Gasteiger partial charge >= 0.3 is 0 Å². The molecule has 0 radical (unpaired) electrons. The minimum atomic E-state index is -0.161. The molecule has 20 heavy (non-hydrogen) atoms. The van der Waals surface area contributed by atoms with Crippen LogP contribution in [0.3, 0.4) is 0 Å². The van der Waals surface area contributed by atoms with Crippen LogP contribution >= 0.6 is 11.6 Å². The predicted molar refractivity (Wildman–Crippen MR) is 80.2 cm³/mol. The van der Waals surface area contributed by atoms with Gasteiger partial charge in [0.15, 0.2) is 0 Å². The molecule has 0 aliphatic rings. The van der Waals surface area contributed by atoms with Crippen molar-refractivity contribution in [3.8, 4) is 0 Å². The van der Waals surface area contributed by atoms with Gasteiger partial charge in [-0.15, -0.1) is 0 Å². The van der Waals surface area contributed by atoms with E-state index in [0.29, 0.717) is 30.4 Å². The van der Waals surface area contributed by atoms with Gasteiger partial charge in [0.25, 0.3) is 0 Å². The molecule has 0 bridgehead atoms. The second-order valence-corrected chi connectivity index (χ2v) is 4.88. The summed E-state index contributed by atoms with van der Waals surface area (Å²) in [6.07, 6.45) is 0. The van der Waals surface area contributed by atoms with Gasteiger partial charge in [-0.25, -0.2) is 0 Å². The average Bonchev–Trinajstić information content (AvgIpc) is 2.40. The molecule has 5 nitrogen and oxygen atoms in total. The van der Waals surface area contributed by atoms with E-state index in [9.17, 15) is 4.79 Å². The van der Waals surface area contributed by atoms with E-state index in [0.717, 1.165) is 5.56 Å². The van der Waals surface area contributed by atoms with Gasteiger partial charge in [0.2, 0.25) is 5.91 Å². The van der Waals surface area contributed by atoms with Crippen molar-refractivity contribution in [2.45, 2.75) is 6.92 Å². The largest absolute Gasteiger partial charge is 0.395 e. The monoisotopic (exact) mass is 300 g/mol. The number of carbonyl (C=O) groups excluding carboxylic acids is 1. The molecule has 1 aromatic rings. The highest BCUT2D eigenvalue weighted by atomic mass is 35.5. The van der Waals surface area contributed by atoms with Gasteiger partial charge in [-0.05, 0) is 18.6 Å². The molecule has 0 spiro atoms. The number of ether oxygens (including phenoxy) is 1. The van der Waals surface area contributed by atoms with E-state index in [4.69, 9.17) is 21.4 Å². The third-order valence-electron chi connectivity index (χ3n) is 2.88. The van der Waals surface area contributed by atoms with E-state index >= 15 is 0 Å². The molecule has 6 heteroatoms. The number of hydrogen-bond acceptors (Lipinski definition) is 4. The number of nitrogens with zero attached hydrogens (tertiary/aromatic N) is 1. The number of carbonyl (C=O) groups is 1. The summed E-state index contributed by atoms with van der Waals surface area (Å²) in [4.78, 5) is 13.9. The van der Waals surface area contributed by atoms with Crippen LogP contribution in [0.4, 0.5) is 5.69 Å². The van der Waals surface area contributed by atoms with Crippen molar-refractivity contribution in [3.63, 3.8) is 0 Å². The molecule has 0 fully saturated rings. The zero-order valence-corrected chi connectivity index (χ0v) is 12.6. The highest BCUT2D eigenvalue weighted by molar-refractivity contribution is 6.33. The third-order valence-corrected chi connectivity index (χ3v) is 3.20. The Morgan fingerprint density at radius 3 is 2.80 bits per heavy atom. The first-order chi connectivity index (χ1) is 9.58. The van der Waals surface area contributed by atoms with Crippen molar-refractivity contribution in [2.24, 2.45) is 0 Å². The second kappa shape index (κ2) is 8.92. The molecule has 0 aromatic heterocycles. The summed E-state index contributed by atoms with van der Waals surface area (Å²) < 4.78 is 4.98. The number of para-hydroxylation sites is 1. The molecule has 1 rings (SSSR count). The molecule has 2 N–H and O–H groups in total. The van der Waals surface area contributed by atoms with Crippen molar-refractivity contribution < 1.29 is 14.6 Å². The zero-order valence-electron chi connectivity index (χ0n) is 11.9. The van der Waals surface area contributed by atoms with E-state index in [1.165, 1.54) is 0 Å².